The van der Waals surface area contributed by atoms with E-state index in [0.717, 1.165) is 13.1 Å². The Hall–Kier alpha value is -0.200. The molecule has 3 N–H and O–H groups in total. The van der Waals surface area contributed by atoms with Crippen LogP contribution in [0.3, 0.4) is 0 Å². The van der Waals surface area contributed by atoms with Crippen LogP contribution in [-0.2, 0) is 0 Å². The van der Waals surface area contributed by atoms with E-state index in [9.17, 15) is 10.2 Å². The van der Waals surface area contributed by atoms with Crippen LogP contribution in [0.2, 0.25) is 0 Å². The van der Waals surface area contributed by atoms with Crippen molar-refractivity contribution < 1.29 is 15.3 Å². The third kappa shape index (κ3) is 5.23. The van der Waals surface area contributed by atoms with Gasteiger partial charge in [-0.1, -0.05) is 13.8 Å². The monoisotopic (exact) mass is 234 g/mol. The standard InChI is InChI=1S/C11H26N2O3/c1-4-13(5-2)10(9-15)11(16)8-12(3)6-7-14/h10-11,14-16H,4-9H2,1-3H3. The van der Waals surface area contributed by atoms with Gasteiger partial charge in [-0.05, 0) is 20.1 Å². The van der Waals surface area contributed by atoms with E-state index in [4.69, 9.17) is 5.11 Å². The van der Waals surface area contributed by atoms with Crippen molar-refractivity contribution in [3.05, 3.63) is 0 Å². The van der Waals surface area contributed by atoms with Crippen LogP contribution < -0.4 is 0 Å². The van der Waals surface area contributed by atoms with Crippen LogP contribution in [0, 0.1) is 0 Å². The van der Waals surface area contributed by atoms with Crippen molar-refractivity contribution in [1.82, 2.24) is 9.80 Å². The summed E-state index contributed by atoms with van der Waals surface area (Å²) >= 11 is 0. The number of aliphatic hydroxyl groups excluding tert-OH is 3. The molecular weight excluding hydrogens is 208 g/mol. The van der Waals surface area contributed by atoms with Crippen LogP contribution in [-0.4, -0.2) is 83.7 Å². The predicted octanol–water partition coefficient (Wildman–Crippen LogP) is -1.03. The van der Waals surface area contributed by atoms with Crippen molar-refractivity contribution in [2.24, 2.45) is 0 Å². The molecule has 0 aliphatic rings. The van der Waals surface area contributed by atoms with E-state index in [1.54, 1.807) is 0 Å². The lowest BCUT2D eigenvalue weighted by molar-refractivity contribution is 0.00317. The summed E-state index contributed by atoms with van der Waals surface area (Å²) in [6, 6.07) is -0.226. The summed E-state index contributed by atoms with van der Waals surface area (Å²) in [4.78, 5) is 3.90. The second-order valence-corrected chi connectivity index (χ2v) is 4.02. The lowest BCUT2D eigenvalue weighted by Gasteiger charge is -2.33. The highest BCUT2D eigenvalue weighted by Crippen LogP contribution is 2.05. The topological polar surface area (TPSA) is 67.2 Å². The lowest BCUT2D eigenvalue weighted by Crippen LogP contribution is -2.50. The average molecular weight is 234 g/mol. The van der Waals surface area contributed by atoms with Crippen molar-refractivity contribution in [3.63, 3.8) is 0 Å². The Balaban J connectivity index is 4.23. The summed E-state index contributed by atoms with van der Waals surface area (Å²) < 4.78 is 0. The smallest absolute Gasteiger partial charge is 0.0844 e. The zero-order valence-electron chi connectivity index (χ0n) is 10.6. The normalized spacial score (nSPS) is 15.8. The van der Waals surface area contributed by atoms with Gasteiger partial charge >= 0.3 is 0 Å². The molecule has 0 bridgehead atoms. The summed E-state index contributed by atoms with van der Waals surface area (Å²) in [7, 11) is 1.84. The SMILES string of the molecule is CCN(CC)C(CO)C(O)CN(C)CCO. The minimum Gasteiger partial charge on any atom is -0.395 e. The van der Waals surface area contributed by atoms with Gasteiger partial charge in [0.15, 0.2) is 0 Å². The second-order valence-electron chi connectivity index (χ2n) is 4.02. The summed E-state index contributed by atoms with van der Waals surface area (Å²) in [6.45, 7) is 6.67. The Labute approximate surface area is 98.3 Å². The second kappa shape index (κ2) is 8.90. The molecule has 0 aliphatic heterocycles. The molecule has 0 heterocycles. The molecule has 2 unspecified atom stereocenters. The molecule has 0 radical (unpaired) electrons. The van der Waals surface area contributed by atoms with E-state index < -0.39 is 6.10 Å². The molecule has 0 aromatic carbocycles. The Morgan fingerprint density at radius 1 is 1.12 bits per heavy atom. The fourth-order valence-electron chi connectivity index (χ4n) is 1.88. The molecule has 16 heavy (non-hydrogen) atoms. The van der Waals surface area contributed by atoms with Crippen molar-refractivity contribution in [3.8, 4) is 0 Å². The number of hydrogen-bond acceptors (Lipinski definition) is 5. The van der Waals surface area contributed by atoms with Gasteiger partial charge in [0.2, 0.25) is 0 Å². The number of hydrogen-bond donors (Lipinski definition) is 3. The molecule has 0 amide bonds. The lowest BCUT2D eigenvalue weighted by atomic mass is 10.1. The van der Waals surface area contributed by atoms with Crippen LogP contribution in [0.1, 0.15) is 13.8 Å². The highest BCUT2D eigenvalue weighted by Gasteiger charge is 2.24. The van der Waals surface area contributed by atoms with E-state index in [-0.39, 0.29) is 19.3 Å². The predicted molar refractivity (Wildman–Crippen MR) is 64.4 cm³/mol. The molecule has 0 saturated carbocycles. The van der Waals surface area contributed by atoms with Gasteiger partial charge in [0.05, 0.1) is 25.4 Å². The Kier molecular flexibility index (Phi) is 8.78. The molecule has 5 heteroatoms. The summed E-state index contributed by atoms with van der Waals surface area (Å²) in [5.41, 5.74) is 0. The third-order valence-corrected chi connectivity index (χ3v) is 2.89. The fraction of sp³-hybridized carbons (Fsp3) is 1.00. The average Bonchev–Trinajstić information content (AvgIpc) is 2.25. The van der Waals surface area contributed by atoms with E-state index in [1.165, 1.54) is 0 Å². The van der Waals surface area contributed by atoms with E-state index in [1.807, 2.05) is 30.7 Å². The van der Waals surface area contributed by atoms with E-state index in [0.29, 0.717) is 13.1 Å². The maximum atomic E-state index is 10.0. The van der Waals surface area contributed by atoms with Crippen LogP contribution in [0.5, 0.6) is 0 Å². The quantitative estimate of drug-likeness (QED) is 0.476. The summed E-state index contributed by atoms with van der Waals surface area (Å²) in [5, 5.41) is 28.1. The van der Waals surface area contributed by atoms with Crippen molar-refractivity contribution in [2.75, 3.05) is 46.4 Å². The number of aliphatic hydroxyl groups is 3. The first-order chi connectivity index (χ1) is 7.60. The third-order valence-electron chi connectivity index (χ3n) is 2.89. The molecule has 0 aromatic heterocycles. The van der Waals surface area contributed by atoms with Gasteiger partial charge in [-0.15, -0.1) is 0 Å². The van der Waals surface area contributed by atoms with E-state index >= 15 is 0 Å². The Morgan fingerprint density at radius 2 is 1.69 bits per heavy atom. The van der Waals surface area contributed by atoms with Gasteiger partial charge < -0.3 is 20.2 Å². The minimum atomic E-state index is -0.596. The van der Waals surface area contributed by atoms with Crippen molar-refractivity contribution >= 4 is 0 Å². The molecule has 0 aliphatic carbocycles. The minimum absolute atomic E-state index is 0.0458. The molecule has 0 saturated heterocycles. The largest absolute Gasteiger partial charge is 0.395 e. The first-order valence-electron chi connectivity index (χ1n) is 5.93. The van der Waals surface area contributed by atoms with Gasteiger partial charge in [-0.25, -0.2) is 0 Å². The highest BCUT2D eigenvalue weighted by molar-refractivity contribution is 4.79. The zero-order chi connectivity index (χ0) is 12.6. The Morgan fingerprint density at radius 3 is 2.06 bits per heavy atom. The number of nitrogens with zero attached hydrogens (tertiary/aromatic N) is 2. The van der Waals surface area contributed by atoms with Crippen LogP contribution in [0.15, 0.2) is 0 Å². The van der Waals surface area contributed by atoms with Crippen LogP contribution in [0.4, 0.5) is 0 Å². The summed E-state index contributed by atoms with van der Waals surface area (Å²) in [6.07, 6.45) is -0.596. The van der Waals surface area contributed by atoms with Crippen LogP contribution in [0.25, 0.3) is 0 Å². The van der Waals surface area contributed by atoms with Crippen molar-refractivity contribution in [1.29, 1.82) is 0 Å². The van der Waals surface area contributed by atoms with Gasteiger partial charge in [-0.2, -0.15) is 0 Å². The van der Waals surface area contributed by atoms with Gasteiger partial charge in [0.25, 0.3) is 0 Å². The molecule has 0 fully saturated rings. The maximum Gasteiger partial charge on any atom is 0.0844 e. The highest BCUT2D eigenvalue weighted by atomic mass is 16.3. The van der Waals surface area contributed by atoms with Crippen LogP contribution >= 0.6 is 0 Å². The van der Waals surface area contributed by atoms with Gasteiger partial charge in [0, 0.05) is 13.1 Å². The Bertz CT molecular complexity index is 165. The van der Waals surface area contributed by atoms with Crippen molar-refractivity contribution in [2.45, 2.75) is 26.0 Å². The van der Waals surface area contributed by atoms with Gasteiger partial charge in [0.1, 0.15) is 0 Å². The molecule has 5 nitrogen and oxygen atoms in total. The molecule has 0 rings (SSSR count). The van der Waals surface area contributed by atoms with E-state index in [2.05, 4.69) is 0 Å². The number of likely N-dealkylation sites (N-methyl/N-ethyl adjacent to an activating group) is 2. The first-order valence-corrected chi connectivity index (χ1v) is 5.93. The fourth-order valence-corrected chi connectivity index (χ4v) is 1.88. The number of rotatable bonds is 9. The molecular formula is C11H26N2O3. The molecule has 2 atom stereocenters. The first kappa shape index (κ1) is 15.8. The molecule has 0 aromatic rings. The van der Waals surface area contributed by atoms with Gasteiger partial charge in [-0.3, -0.25) is 4.90 Å². The molecule has 0 spiro atoms. The zero-order valence-corrected chi connectivity index (χ0v) is 10.6. The maximum absolute atomic E-state index is 10.0. The summed E-state index contributed by atoms with van der Waals surface area (Å²) in [5.74, 6) is 0. The molecule has 98 valence electrons.